The molecule has 2 rings (SSSR count). The first kappa shape index (κ1) is 12.7. The van der Waals surface area contributed by atoms with Crippen molar-refractivity contribution in [2.24, 2.45) is 5.92 Å². The summed E-state index contributed by atoms with van der Waals surface area (Å²) in [7, 11) is 0. The van der Waals surface area contributed by atoms with Crippen molar-refractivity contribution in [3.05, 3.63) is 23.2 Å². The molecule has 0 atom stereocenters. The van der Waals surface area contributed by atoms with E-state index < -0.39 is 0 Å². The van der Waals surface area contributed by atoms with E-state index in [0.717, 1.165) is 32.8 Å². The van der Waals surface area contributed by atoms with Crippen molar-refractivity contribution in [1.82, 2.24) is 4.98 Å². The van der Waals surface area contributed by atoms with Crippen LogP contribution in [0.25, 0.3) is 10.2 Å². The maximum Gasteiger partial charge on any atom is 0.183 e. The first-order valence-electron chi connectivity index (χ1n) is 5.95. The van der Waals surface area contributed by atoms with Gasteiger partial charge in [-0.25, -0.2) is 4.98 Å². The van der Waals surface area contributed by atoms with Crippen LogP contribution in [0.2, 0.25) is 5.02 Å². The molecule has 1 N–H and O–H groups in total. The fourth-order valence-corrected chi connectivity index (χ4v) is 2.88. The van der Waals surface area contributed by atoms with Crippen LogP contribution in [0.4, 0.5) is 5.13 Å². The monoisotopic (exact) mass is 268 g/mol. The maximum absolute atomic E-state index is 6.12. The van der Waals surface area contributed by atoms with E-state index >= 15 is 0 Å². The minimum atomic E-state index is 0.765. The number of rotatable bonds is 5. The Morgan fingerprint density at radius 3 is 2.94 bits per heavy atom. The molecular weight excluding hydrogens is 252 g/mol. The molecule has 2 nitrogen and oxygen atoms in total. The predicted molar refractivity (Wildman–Crippen MR) is 77.2 cm³/mol. The van der Waals surface area contributed by atoms with Crippen molar-refractivity contribution in [2.45, 2.75) is 26.7 Å². The molecule has 0 aliphatic carbocycles. The highest BCUT2D eigenvalue weighted by Gasteiger charge is 2.05. The van der Waals surface area contributed by atoms with Crippen molar-refractivity contribution in [2.75, 3.05) is 11.9 Å². The molecule has 0 radical (unpaired) electrons. The Kier molecular flexibility index (Phi) is 4.24. The first-order valence-corrected chi connectivity index (χ1v) is 7.15. The van der Waals surface area contributed by atoms with E-state index in [0.29, 0.717) is 0 Å². The van der Waals surface area contributed by atoms with Gasteiger partial charge in [0.05, 0.1) is 15.2 Å². The molecule has 0 aliphatic rings. The highest BCUT2D eigenvalue weighted by atomic mass is 35.5. The summed E-state index contributed by atoms with van der Waals surface area (Å²) in [6.45, 7) is 5.48. The molecule has 17 heavy (non-hydrogen) atoms. The van der Waals surface area contributed by atoms with E-state index in [4.69, 9.17) is 11.6 Å². The zero-order valence-corrected chi connectivity index (χ0v) is 11.7. The molecule has 92 valence electrons. The van der Waals surface area contributed by atoms with Crippen LogP contribution >= 0.6 is 22.9 Å². The number of benzene rings is 1. The van der Waals surface area contributed by atoms with Gasteiger partial charge in [0, 0.05) is 6.54 Å². The number of anilines is 1. The van der Waals surface area contributed by atoms with Gasteiger partial charge in [-0.2, -0.15) is 0 Å². The molecule has 0 unspecified atom stereocenters. The SMILES string of the molecule is CC(C)CCCNc1nc2cccc(Cl)c2s1. The van der Waals surface area contributed by atoms with Crippen molar-refractivity contribution in [1.29, 1.82) is 0 Å². The third-order valence-electron chi connectivity index (χ3n) is 2.60. The van der Waals surface area contributed by atoms with Crippen LogP contribution in [-0.4, -0.2) is 11.5 Å². The lowest BCUT2D eigenvalue weighted by atomic mass is 10.1. The molecule has 1 aromatic carbocycles. The highest BCUT2D eigenvalue weighted by molar-refractivity contribution is 7.22. The first-order chi connectivity index (χ1) is 8.16. The predicted octanol–water partition coefficient (Wildman–Crippen LogP) is 4.80. The smallest absolute Gasteiger partial charge is 0.183 e. The van der Waals surface area contributed by atoms with Gasteiger partial charge in [0.15, 0.2) is 5.13 Å². The van der Waals surface area contributed by atoms with Crippen LogP contribution in [-0.2, 0) is 0 Å². The average molecular weight is 269 g/mol. The summed E-state index contributed by atoms with van der Waals surface area (Å²) in [6.07, 6.45) is 2.43. The fourth-order valence-electron chi connectivity index (χ4n) is 1.70. The van der Waals surface area contributed by atoms with Crippen molar-refractivity contribution >= 4 is 38.3 Å². The lowest BCUT2D eigenvalue weighted by Crippen LogP contribution is -2.02. The van der Waals surface area contributed by atoms with Gasteiger partial charge >= 0.3 is 0 Å². The Bertz CT molecular complexity index is 493. The van der Waals surface area contributed by atoms with Crippen molar-refractivity contribution in [3.8, 4) is 0 Å². The molecule has 0 fully saturated rings. The van der Waals surface area contributed by atoms with Gasteiger partial charge in [-0.05, 0) is 30.9 Å². The van der Waals surface area contributed by atoms with Gasteiger partial charge in [-0.1, -0.05) is 42.9 Å². The Hall–Kier alpha value is -0.800. The summed E-state index contributed by atoms with van der Waals surface area (Å²) in [5.41, 5.74) is 0.980. The molecule has 0 aliphatic heterocycles. The van der Waals surface area contributed by atoms with Gasteiger partial charge in [-0.15, -0.1) is 0 Å². The highest BCUT2D eigenvalue weighted by Crippen LogP contribution is 2.31. The summed E-state index contributed by atoms with van der Waals surface area (Å²) in [5.74, 6) is 0.765. The number of thiazole rings is 1. The molecule has 4 heteroatoms. The summed E-state index contributed by atoms with van der Waals surface area (Å²) in [5, 5.41) is 5.12. The van der Waals surface area contributed by atoms with E-state index in [1.54, 1.807) is 11.3 Å². The third kappa shape index (κ3) is 3.33. The average Bonchev–Trinajstić information content (AvgIpc) is 2.69. The van der Waals surface area contributed by atoms with Crippen molar-refractivity contribution < 1.29 is 0 Å². The summed E-state index contributed by atoms with van der Waals surface area (Å²) in [6, 6.07) is 5.84. The fraction of sp³-hybridized carbons (Fsp3) is 0.462. The molecular formula is C13H17ClN2S. The Labute approximate surface area is 111 Å². The second-order valence-corrected chi connectivity index (χ2v) is 5.98. The van der Waals surface area contributed by atoms with E-state index in [9.17, 15) is 0 Å². The van der Waals surface area contributed by atoms with Gasteiger partial charge in [0.1, 0.15) is 0 Å². The normalized spacial score (nSPS) is 11.3. The quantitative estimate of drug-likeness (QED) is 0.788. The van der Waals surface area contributed by atoms with Gasteiger partial charge in [0.2, 0.25) is 0 Å². The van der Waals surface area contributed by atoms with Gasteiger partial charge in [-0.3, -0.25) is 0 Å². The Balaban J connectivity index is 1.98. The number of hydrogen-bond donors (Lipinski definition) is 1. The van der Waals surface area contributed by atoms with E-state index in [2.05, 4.69) is 24.1 Å². The Morgan fingerprint density at radius 1 is 1.41 bits per heavy atom. The van der Waals surface area contributed by atoms with E-state index in [-0.39, 0.29) is 0 Å². The largest absolute Gasteiger partial charge is 0.361 e. The lowest BCUT2D eigenvalue weighted by molar-refractivity contribution is 0.567. The second kappa shape index (κ2) is 5.69. The van der Waals surface area contributed by atoms with Crippen LogP contribution in [0.5, 0.6) is 0 Å². The minimum Gasteiger partial charge on any atom is -0.361 e. The molecule has 0 bridgehead atoms. The van der Waals surface area contributed by atoms with Gasteiger partial charge < -0.3 is 5.32 Å². The molecule has 0 spiro atoms. The van der Waals surface area contributed by atoms with Crippen LogP contribution in [0.15, 0.2) is 18.2 Å². The second-order valence-electron chi connectivity index (χ2n) is 4.57. The number of nitrogens with one attached hydrogen (secondary N) is 1. The molecule has 2 aromatic rings. The number of fused-ring (bicyclic) bond motifs is 1. The molecule has 1 aromatic heterocycles. The zero-order chi connectivity index (χ0) is 12.3. The van der Waals surface area contributed by atoms with Gasteiger partial charge in [0.25, 0.3) is 0 Å². The van der Waals surface area contributed by atoms with Crippen LogP contribution in [0, 0.1) is 5.92 Å². The maximum atomic E-state index is 6.12. The lowest BCUT2D eigenvalue weighted by Gasteiger charge is -2.04. The molecule has 1 heterocycles. The summed E-state index contributed by atoms with van der Waals surface area (Å²) >= 11 is 7.74. The number of hydrogen-bond acceptors (Lipinski definition) is 3. The van der Waals surface area contributed by atoms with E-state index in [1.165, 1.54) is 12.8 Å². The number of halogens is 1. The molecule has 0 saturated heterocycles. The summed E-state index contributed by atoms with van der Waals surface area (Å²) < 4.78 is 1.07. The number of nitrogens with zero attached hydrogens (tertiary/aromatic N) is 1. The minimum absolute atomic E-state index is 0.765. The van der Waals surface area contributed by atoms with Crippen LogP contribution in [0.3, 0.4) is 0 Å². The molecule has 0 saturated carbocycles. The van der Waals surface area contributed by atoms with E-state index in [1.807, 2.05) is 18.2 Å². The van der Waals surface area contributed by atoms with Crippen molar-refractivity contribution in [3.63, 3.8) is 0 Å². The Morgan fingerprint density at radius 2 is 2.24 bits per heavy atom. The van der Waals surface area contributed by atoms with Crippen LogP contribution in [0.1, 0.15) is 26.7 Å². The molecule has 0 amide bonds. The zero-order valence-electron chi connectivity index (χ0n) is 10.2. The van der Waals surface area contributed by atoms with Crippen LogP contribution < -0.4 is 5.32 Å². The standard InChI is InChI=1S/C13H17ClN2S/c1-9(2)5-4-8-15-13-16-11-7-3-6-10(14)12(11)17-13/h3,6-7,9H,4-5,8H2,1-2H3,(H,15,16). The third-order valence-corrected chi connectivity index (χ3v) is 4.09. The number of aromatic nitrogens is 1. The summed E-state index contributed by atoms with van der Waals surface area (Å²) in [4.78, 5) is 4.51. The topological polar surface area (TPSA) is 24.9 Å².